The first kappa shape index (κ1) is 17.8. The van der Waals surface area contributed by atoms with Crippen LogP contribution in [0.25, 0.3) is 0 Å². The molecule has 21 heavy (non-hydrogen) atoms. The second kappa shape index (κ2) is 8.90. The number of likely N-dealkylation sites (N-methyl/N-ethyl adjacent to an activating group) is 1. The van der Waals surface area contributed by atoms with E-state index in [1.54, 1.807) is 0 Å². The summed E-state index contributed by atoms with van der Waals surface area (Å²) in [4.78, 5) is 0. The van der Waals surface area contributed by atoms with E-state index in [9.17, 15) is 5.11 Å². The van der Waals surface area contributed by atoms with Gasteiger partial charge in [0.25, 0.3) is 0 Å². The van der Waals surface area contributed by atoms with Gasteiger partial charge in [0.05, 0.1) is 19.3 Å². The number of rotatable bonds is 10. The van der Waals surface area contributed by atoms with Crippen LogP contribution in [0.3, 0.4) is 0 Å². The van der Waals surface area contributed by atoms with Gasteiger partial charge in [-0.05, 0) is 38.9 Å². The zero-order valence-corrected chi connectivity index (χ0v) is 13.7. The van der Waals surface area contributed by atoms with E-state index in [4.69, 9.17) is 9.47 Å². The standard InChI is InChI=1S/C17H29NO3/c1-5-11-20-15-9-7-8-10-16(15)21-14(3)12-17(4,13-19)18-6-2/h7-10,14,18-19H,5-6,11-13H2,1-4H3. The number of nitrogens with one attached hydrogen (secondary N) is 1. The van der Waals surface area contributed by atoms with E-state index in [2.05, 4.69) is 12.2 Å². The molecule has 2 atom stereocenters. The molecule has 0 aliphatic heterocycles. The lowest BCUT2D eigenvalue weighted by Crippen LogP contribution is -2.48. The summed E-state index contributed by atoms with van der Waals surface area (Å²) in [5.74, 6) is 1.54. The first-order valence-electron chi connectivity index (χ1n) is 7.79. The van der Waals surface area contributed by atoms with Crippen molar-refractivity contribution in [2.45, 2.75) is 52.2 Å². The number of aliphatic hydroxyl groups excluding tert-OH is 1. The van der Waals surface area contributed by atoms with Crippen LogP contribution in [-0.2, 0) is 0 Å². The largest absolute Gasteiger partial charge is 0.490 e. The Kier molecular flexibility index (Phi) is 7.54. The smallest absolute Gasteiger partial charge is 0.161 e. The molecule has 2 N–H and O–H groups in total. The Labute approximate surface area is 128 Å². The van der Waals surface area contributed by atoms with Gasteiger partial charge in [-0.1, -0.05) is 26.0 Å². The molecule has 0 saturated heterocycles. The number of aliphatic hydroxyl groups is 1. The molecule has 0 aliphatic carbocycles. The second-order valence-electron chi connectivity index (χ2n) is 5.68. The summed E-state index contributed by atoms with van der Waals surface area (Å²) >= 11 is 0. The van der Waals surface area contributed by atoms with Crippen molar-refractivity contribution < 1.29 is 14.6 Å². The quantitative estimate of drug-likeness (QED) is 0.697. The Balaban J connectivity index is 2.67. The SMILES string of the molecule is CCCOc1ccccc1OC(C)CC(C)(CO)NCC. The first-order chi connectivity index (χ1) is 10.0. The Morgan fingerprint density at radius 2 is 1.90 bits per heavy atom. The number of para-hydroxylation sites is 2. The summed E-state index contributed by atoms with van der Waals surface area (Å²) in [6, 6.07) is 7.73. The molecule has 0 spiro atoms. The molecular weight excluding hydrogens is 266 g/mol. The molecule has 2 unspecified atom stereocenters. The summed E-state index contributed by atoms with van der Waals surface area (Å²) in [5, 5.41) is 12.9. The van der Waals surface area contributed by atoms with Crippen molar-refractivity contribution in [2.24, 2.45) is 0 Å². The van der Waals surface area contributed by atoms with E-state index in [-0.39, 0.29) is 18.2 Å². The molecule has 0 amide bonds. The lowest BCUT2D eigenvalue weighted by molar-refractivity contribution is 0.108. The molecule has 0 bridgehead atoms. The highest BCUT2D eigenvalue weighted by Crippen LogP contribution is 2.29. The summed E-state index contributed by atoms with van der Waals surface area (Å²) in [6.45, 7) is 9.73. The third kappa shape index (κ3) is 5.94. The van der Waals surface area contributed by atoms with Crippen LogP contribution in [0.15, 0.2) is 24.3 Å². The Hall–Kier alpha value is -1.26. The zero-order chi connectivity index (χ0) is 15.7. The van der Waals surface area contributed by atoms with Crippen LogP contribution in [0.5, 0.6) is 11.5 Å². The van der Waals surface area contributed by atoms with E-state index in [0.29, 0.717) is 6.61 Å². The highest BCUT2D eigenvalue weighted by molar-refractivity contribution is 5.39. The fourth-order valence-corrected chi connectivity index (χ4v) is 2.39. The van der Waals surface area contributed by atoms with E-state index in [1.165, 1.54) is 0 Å². The van der Waals surface area contributed by atoms with Crippen molar-refractivity contribution in [3.05, 3.63) is 24.3 Å². The maximum Gasteiger partial charge on any atom is 0.161 e. The van der Waals surface area contributed by atoms with E-state index in [1.807, 2.05) is 45.0 Å². The van der Waals surface area contributed by atoms with Gasteiger partial charge in [0.15, 0.2) is 11.5 Å². The average molecular weight is 295 g/mol. The maximum atomic E-state index is 9.56. The lowest BCUT2D eigenvalue weighted by atomic mass is 9.95. The monoisotopic (exact) mass is 295 g/mol. The Bertz CT molecular complexity index is 411. The van der Waals surface area contributed by atoms with Crippen molar-refractivity contribution in [1.29, 1.82) is 0 Å². The summed E-state index contributed by atoms with van der Waals surface area (Å²) in [6.07, 6.45) is 1.67. The molecule has 0 aromatic heterocycles. The summed E-state index contributed by atoms with van der Waals surface area (Å²) < 4.78 is 11.7. The molecule has 0 fully saturated rings. The minimum Gasteiger partial charge on any atom is -0.490 e. The Morgan fingerprint density at radius 3 is 2.48 bits per heavy atom. The van der Waals surface area contributed by atoms with E-state index >= 15 is 0 Å². The first-order valence-corrected chi connectivity index (χ1v) is 7.79. The molecule has 0 radical (unpaired) electrons. The van der Waals surface area contributed by atoms with Crippen LogP contribution in [0.1, 0.15) is 40.5 Å². The van der Waals surface area contributed by atoms with Gasteiger partial charge in [-0.25, -0.2) is 0 Å². The van der Waals surface area contributed by atoms with Gasteiger partial charge < -0.3 is 19.9 Å². The molecule has 0 heterocycles. The molecule has 4 nitrogen and oxygen atoms in total. The predicted octanol–water partition coefficient (Wildman–Crippen LogP) is 2.99. The number of ether oxygens (including phenoxy) is 2. The predicted molar refractivity (Wildman–Crippen MR) is 86.1 cm³/mol. The summed E-state index contributed by atoms with van der Waals surface area (Å²) in [7, 11) is 0. The van der Waals surface area contributed by atoms with Gasteiger partial charge in [-0.2, -0.15) is 0 Å². The van der Waals surface area contributed by atoms with Gasteiger partial charge in [-0.15, -0.1) is 0 Å². The van der Waals surface area contributed by atoms with Crippen LogP contribution in [0.2, 0.25) is 0 Å². The van der Waals surface area contributed by atoms with Crippen molar-refractivity contribution in [1.82, 2.24) is 5.32 Å². The van der Waals surface area contributed by atoms with Crippen LogP contribution in [-0.4, -0.2) is 36.5 Å². The van der Waals surface area contributed by atoms with Crippen LogP contribution < -0.4 is 14.8 Å². The summed E-state index contributed by atoms with van der Waals surface area (Å²) in [5.41, 5.74) is -0.326. The van der Waals surface area contributed by atoms with Crippen molar-refractivity contribution >= 4 is 0 Å². The molecule has 0 saturated carbocycles. The second-order valence-corrected chi connectivity index (χ2v) is 5.68. The van der Waals surface area contributed by atoms with Gasteiger partial charge in [0.2, 0.25) is 0 Å². The lowest BCUT2D eigenvalue weighted by Gasteiger charge is -2.31. The molecule has 4 heteroatoms. The topological polar surface area (TPSA) is 50.7 Å². The van der Waals surface area contributed by atoms with Gasteiger partial charge in [0, 0.05) is 12.0 Å². The third-order valence-corrected chi connectivity index (χ3v) is 3.33. The Morgan fingerprint density at radius 1 is 1.24 bits per heavy atom. The third-order valence-electron chi connectivity index (χ3n) is 3.33. The fourth-order valence-electron chi connectivity index (χ4n) is 2.39. The van der Waals surface area contributed by atoms with Crippen molar-refractivity contribution in [2.75, 3.05) is 19.8 Å². The zero-order valence-electron chi connectivity index (χ0n) is 13.7. The van der Waals surface area contributed by atoms with Crippen LogP contribution in [0.4, 0.5) is 0 Å². The molecule has 120 valence electrons. The maximum absolute atomic E-state index is 9.56. The molecule has 1 rings (SSSR count). The molecular formula is C17H29NO3. The van der Waals surface area contributed by atoms with E-state index in [0.717, 1.165) is 30.9 Å². The van der Waals surface area contributed by atoms with Crippen LogP contribution in [0, 0.1) is 0 Å². The van der Waals surface area contributed by atoms with E-state index < -0.39 is 0 Å². The van der Waals surface area contributed by atoms with Crippen molar-refractivity contribution in [3.63, 3.8) is 0 Å². The molecule has 1 aromatic carbocycles. The normalized spacial score (nSPS) is 15.3. The van der Waals surface area contributed by atoms with Crippen LogP contribution >= 0.6 is 0 Å². The number of hydrogen-bond donors (Lipinski definition) is 2. The highest BCUT2D eigenvalue weighted by Gasteiger charge is 2.26. The minimum absolute atomic E-state index is 0.0208. The fraction of sp³-hybridized carbons (Fsp3) is 0.647. The van der Waals surface area contributed by atoms with Crippen molar-refractivity contribution in [3.8, 4) is 11.5 Å². The number of hydrogen-bond acceptors (Lipinski definition) is 4. The molecule has 0 aliphatic rings. The minimum atomic E-state index is -0.326. The van der Waals surface area contributed by atoms with Gasteiger partial charge in [-0.3, -0.25) is 0 Å². The average Bonchev–Trinajstić information content (AvgIpc) is 2.46. The van der Waals surface area contributed by atoms with Gasteiger partial charge >= 0.3 is 0 Å². The number of benzene rings is 1. The van der Waals surface area contributed by atoms with Gasteiger partial charge in [0.1, 0.15) is 0 Å². The highest BCUT2D eigenvalue weighted by atomic mass is 16.5. The molecule has 1 aromatic rings.